The number of allylic oxidation sites excluding steroid dienone is 1. The number of rotatable bonds is 6. The average Bonchev–Trinajstić information content (AvgIpc) is 3.18. The Morgan fingerprint density at radius 1 is 1.12 bits per heavy atom. The van der Waals surface area contributed by atoms with Gasteiger partial charge in [-0.2, -0.15) is 26.3 Å². The molecule has 12 heteroatoms. The van der Waals surface area contributed by atoms with Gasteiger partial charge in [-0.3, -0.25) is 9.69 Å². The highest BCUT2D eigenvalue weighted by Gasteiger charge is 2.44. The van der Waals surface area contributed by atoms with Gasteiger partial charge in [0, 0.05) is 24.8 Å². The number of aryl methyl sites for hydroxylation is 1. The van der Waals surface area contributed by atoms with E-state index in [0.29, 0.717) is 34.6 Å². The summed E-state index contributed by atoms with van der Waals surface area (Å²) < 4.78 is 91.1. The maximum absolute atomic E-state index is 13.5. The Kier molecular flexibility index (Phi) is 8.56. The van der Waals surface area contributed by atoms with Crippen LogP contribution in [0.2, 0.25) is 0 Å². The second-order valence-electron chi connectivity index (χ2n) is 12.0. The van der Waals surface area contributed by atoms with E-state index in [1.54, 1.807) is 19.9 Å². The number of hydrogen-bond donors (Lipinski definition) is 0. The fourth-order valence-electron chi connectivity index (χ4n) is 5.84. The SMILES string of the molecule is COc1ccc(N(C)C(=O)C(F)(F)F)cc1C1=C(CN2C(=O)O[C@H](c3cc(C)cc(C(F)(F)F)c3)[C@@H]2C)CC(C)(C)CC1. The molecule has 0 saturated carbocycles. The zero-order valence-electron chi connectivity index (χ0n) is 24.7. The number of benzene rings is 2. The van der Waals surface area contributed by atoms with E-state index in [0.717, 1.165) is 36.7 Å². The molecular formula is C31H34F6N2O4. The maximum Gasteiger partial charge on any atom is 0.471 e. The van der Waals surface area contributed by atoms with Crippen molar-refractivity contribution >= 4 is 23.3 Å². The van der Waals surface area contributed by atoms with Crippen LogP contribution in [0.4, 0.5) is 36.8 Å². The van der Waals surface area contributed by atoms with E-state index in [9.17, 15) is 35.9 Å². The molecule has 2 aromatic rings. The number of ether oxygens (including phenoxy) is 2. The fraction of sp³-hybridized carbons (Fsp3) is 0.484. The smallest absolute Gasteiger partial charge is 0.471 e. The Hall–Kier alpha value is -3.70. The van der Waals surface area contributed by atoms with E-state index in [1.807, 2.05) is 0 Å². The molecule has 0 bridgehead atoms. The highest BCUT2D eigenvalue weighted by molar-refractivity contribution is 5.97. The first-order valence-electron chi connectivity index (χ1n) is 13.7. The molecule has 1 aliphatic carbocycles. The van der Waals surface area contributed by atoms with Crippen molar-refractivity contribution in [2.24, 2.45) is 5.41 Å². The van der Waals surface area contributed by atoms with E-state index in [1.165, 1.54) is 30.2 Å². The van der Waals surface area contributed by atoms with Gasteiger partial charge in [0.05, 0.1) is 18.7 Å². The summed E-state index contributed by atoms with van der Waals surface area (Å²) in [5.74, 6) is -1.63. The molecule has 1 aliphatic heterocycles. The third kappa shape index (κ3) is 6.78. The molecule has 2 aromatic carbocycles. The van der Waals surface area contributed by atoms with Gasteiger partial charge in [0.15, 0.2) is 0 Å². The van der Waals surface area contributed by atoms with Gasteiger partial charge < -0.3 is 14.4 Å². The predicted octanol–water partition coefficient (Wildman–Crippen LogP) is 8.09. The lowest BCUT2D eigenvalue weighted by Crippen LogP contribution is -2.38. The van der Waals surface area contributed by atoms with Crippen LogP contribution < -0.4 is 9.64 Å². The molecule has 4 rings (SSSR count). The summed E-state index contributed by atoms with van der Waals surface area (Å²) in [4.78, 5) is 27.1. The predicted molar refractivity (Wildman–Crippen MR) is 149 cm³/mol. The quantitative estimate of drug-likeness (QED) is 0.310. The minimum atomic E-state index is -5.06. The number of carbonyl (C=O) groups is 2. The first kappa shape index (κ1) is 32.2. The number of alkyl halides is 6. The number of anilines is 1. The minimum absolute atomic E-state index is 0.0174. The number of methoxy groups -OCH3 is 1. The molecule has 1 saturated heterocycles. The van der Waals surface area contributed by atoms with Crippen LogP contribution in [0.1, 0.15) is 68.4 Å². The molecular weight excluding hydrogens is 578 g/mol. The summed E-state index contributed by atoms with van der Waals surface area (Å²) in [5.41, 5.74) is 1.72. The van der Waals surface area contributed by atoms with Crippen molar-refractivity contribution in [2.45, 2.75) is 71.5 Å². The second kappa shape index (κ2) is 11.4. The van der Waals surface area contributed by atoms with Gasteiger partial charge in [0.1, 0.15) is 11.9 Å². The zero-order valence-corrected chi connectivity index (χ0v) is 24.7. The van der Waals surface area contributed by atoms with Crippen molar-refractivity contribution in [3.05, 3.63) is 64.2 Å². The molecule has 2 amide bonds. The van der Waals surface area contributed by atoms with Crippen molar-refractivity contribution in [3.8, 4) is 5.75 Å². The van der Waals surface area contributed by atoms with Crippen molar-refractivity contribution in [2.75, 3.05) is 25.6 Å². The highest BCUT2D eigenvalue weighted by atomic mass is 19.4. The standard InChI is InChI=1S/C31H34F6N2O4/c1-17-11-19(13-21(12-17)30(32,33)34)26-18(2)39(28(41)43-26)16-20-15-29(3,4)10-9-23(20)24-14-22(7-8-25(24)42-6)38(5)27(40)31(35,36)37/h7-8,11-14,18,26H,9-10,15-16H2,1-6H3/t18-,26-/m0/s1. The minimum Gasteiger partial charge on any atom is -0.496 e. The Morgan fingerprint density at radius 2 is 1.79 bits per heavy atom. The number of hydrogen-bond acceptors (Lipinski definition) is 4. The van der Waals surface area contributed by atoms with Crippen LogP contribution in [-0.2, 0) is 15.7 Å². The van der Waals surface area contributed by atoms with E-state index in [-0.39, 0.29) is 23.2 Å². The van der Waals surface area contributed by atoms with Crippen molar-refractivity contribution in [1.82, 2.24) is 4.90 Å². The van der Waals surface area contributed by atoms with Gasteiger partial charge in [-0.05, 0) is 85.6 Å². The van der Waals surface area contributed by atoms with Crippen LogP contribution in [0.5, 0.6) is 5.75 Å². The molecule has 1 fully saturated rings. The van der Waals surface area contributed by atoms with Crippen LogP contribution in [0.25, 0.3) is 5.57 Å². The van der Waals surface area contributed by atoms with Crippen LogP contribution in [0.3, 0.4) is 0 Å². The maximum atomic E-state index is 13.5. The summed E-state index contributed by atoms with van der Waals surface area (Å²) in [6.07, 6.45) is -9.44. The molecule has 2 atom stereocenters. The van der Waals surface area contributed by atoms with Gasteiger partial charge in [0.2, 0.25) is 0 Å². The number of amides is 2. The summed E-state index contributed by atoms with van der Waals surface area (Å²) >= 11 is 0. The van der Waals surface area contributed by atoms with E-state index in [4.69, 9.17) is 9.47 Å². The lowest BCUT2D eigenvalue weighted by molar-refractivity contribution is -0.170. The molecule has 1 heterocycles. The number of nitrogens with zero attached hydrogens (tertiary/aromatic N) is 2. The molecule has 0 aromatic heterocycles. The van der Waals surface area contributed by atoms with Gasteiger partial charge in [0.25, 0.3) is 0 Å². The molecule has 6 nitrogen and oxygen atoms in total. The van der Waals surface area contributed by atoms with Crippen LogP contribution >= 0.6 is 0 Å². The molecule has 0 unspecified atom stereocenters. The average molecular weight is 613 g/mol. The number of cyclic esters (lactones) is 1. The summed E-state index contributed by atoms with van der Waals surface area (Å²) in [7, 11) is 2.47. The van der Waals surface area contributed by atoms with Gasteiger partial charge >= 0.3 is 24.4 Å². The van der Waals surface area contributed by atoms with E-state index >= 15 is 0 Å². The van der Waals surface area contributed by atoms with Crippen molar-refractivity contribution in [3.63, 3.8) is 0 Å². The Morgan fingerprint density at radius 3 is 2.40 bits per heavy atom. The number of carbonyl (C=O) groups excluding carboxylic acids is 2. The van der Waals surface area contributed by atoms with Gasteiger partial charge in [-0.15, -0.1) is 0 Å². The summed E-state index contributed by atoms with van der Waals surface area (Å²) in [6.45, 7) is 7.47. The summed E-state index contributed by atoms with van der Waals surface area (Å²) in [5, 5.41) is 0. The van der Waals surface area contributed by atoms with Crippen molar-refractivity contribution < 1.29 is 45.4 Å². The van der Waals surface area contributed by atoms with Crippen molar-refractivity contribution in [1.29, 1.82) is 0 Å². The molecule has 2 aliphatic rings. The van der Waals surface area contributed by atoms with E-state index < -0.39 is 42.1 Å². The van der Waals surface area contributed by atoms with E-state index in [2.05, 4.69) is 13.8 Å². The first-order chi connectivity index (χ1) is 19.8. The number of halogens is 6. The fourth-order valence-corrected chi connectivity index (χ4v) is 5.84. The van der Waals surface area contributed by atoms with Crippen LogP contribution in [0.15, 0.2) is 42.0 Å². The Bertz CT molecular complexity index is 1450. The molecule has 0 spiro atoms. The second-order valence-corrected chi connectivity index (χ2v) is 12.0. The lowest BCUT2D eigenvalue weighted by Gasteiger charge is -2.36. The first-order valence-corrected chi connectivity index (χ1v) is 13.7. The Labute approximate surface area is 246 Å². The Balaban J connectivity index is 1.73. The molecule has 0 radical (unpaired) electrons. The van der Waals surface area contributed by atoms with Gasteiger partial charge in [-0.25, -0.2) is 4.79 Å². The lowest BCUT2D eigenvalue weighted by atomic mass is 9.72. The molecule has 43 heavy (non-hydrogen) atoms. The third-order valence-corrected chi connectivity index (χ3v) is 8.12. The van der Waals surface area contributed by atoms with Gasteiger partial charge in [-0.1, -0.05) is 25.5 Å². The van der Waals surface area contributed by atoms with Crippen LogP contribution in [0, 0.1) is 12.3 Å². The topological polar surface area (TPSA) is 59.1 Å². The zero-order chi connectivity index (χ0) is 32.1. The molecule has 234 valence electrons. The normalized spacial score (nSPS) is 20.7. The van der Waals surface area contributed by atoms with Crippen LogP contribution in [-0.4, -0.2) is 49.8 Å². The third-order valence-electron chi connectivity index (χ3n) is 8.12. The summed E-state index contributed by atoms with van der Waals surface area (Å²) in [6, 6.07) is 7.30. The highest BCUT2D eigenvalue weighted by Crippen LogP contribution is 2.47. The monoisotopic (exact) mass is 612 g/mol. The largest absolute Gasteiger partial charge is 0.496 e. The molecule has 0 N–H and O–H groups in total.